The molecule has 2 aromatic carbocycles. The number of benzene rings is 2. The van der Waals surface area contributed by atoms with Gasteiger partial charge in [0.25, 0.3) is 0 Å². The smallest absolute Gasteiger partial charge is 0.230 e. The zero-order chi connectivity index (χ0) is 18.0. The summed E-state index contributed by atoms with van der Waals surface area (Å²) in [6, 6.07) is 11.3. The molecule has 0 aliphatic carbocycles. The van der Waals surface area contributed by atoms with Crippen molar-refractivity contribution in [2.24, 2.45) is 0 Å². The van der Waals surface area contributed by atoms with Gasteiger partial charge >= 0.3 is 0 Å². The van der Waals surface area contributed by atoms with E-state index in [9.17, 15) is 4.79 Å². The number of thiocarbonyl (C=S) groups is 1. The van der Waals surface area contributed by atoms with E-state index in [2.05, 4.69) is 34.7 Å². The van der Waals surface area contributed by atoms with Crippen molar-refractivity contribution >= 4 is 61.5 Å². The molecule has 3 aromatic rings. The normalized spacial score (nSPS) is 10.7. The molecule has 0 spiro atoms. The fraction of sp³-hybridized carbons (Fsp3) is 0.167. The molecule has 3 rings (SSSR count). The van der Waals surface area contributed by atoms with Crippen molar-refractivity contribution in [3.8, 4) is 0 Å². The second kappa shape index (κ2) is 7.47. The first-order valence-corrected chi connectivity index (χ1v) is 9.24. The third-order valence-corrected chi connectivity index (χ3v) is 4.96. The Morgan fingerprint density at radius 1 is 1.24 bits per heavy atom. The number of rotatable bonds is 3. The molecule has 4 nitrogen and oxygen atoms in total. The Hall–Kier alpha value is -2.02. The van der Waals surface area contributed by atoms with Crippen LogP contribution in [0.15, 0.2) is 36.4 Å². The van der Waals surface area contributed by atoms with Crippen LogP contribution in [-0.2, 0) is 11.2 Å². The predicted octanol–water partition coefficient (Wildman–Crippen LogP) is 4.62. The summed E-state index contributed by atoms with van der Waals surface area (Å²) in [7, 11) is 0. The van der Waals surface area contributed by atoms with Gasteiger partial charge in [-0.25, -0.2) is 4.98 Å². The number of hydrogen-bond donors (Lipinski definition) is 2. The van der Waals surface area contributed by atoms with Gasteiger partial charge in [0.05, 0.1) is 16.6 Å². The number of carbonyl (C=O) groups is 1. The van der Waals surface area contributed by atoms with Crippen LogP contribution < -0.4 is 10.6 Å². The van der Waals surface area contributed by atoms with Crippen LogP contribution in [0.2, 0.25) is 5.02 Å². The van der Waals surface area contributed by atoms with Gasteiger partial charge in [-0.2, -0.15) is 0 Å². The average Bonchev–Trinajstić information content (AvgIpc) is 2.91. The molecule has 0 bridgehead atoms. The van der Waals surface area contributed by atoms with Gasteiger partial charge in [-0.15, -0.1) is 0 Å². The molecule has 0 saturated carbocycles. The maximum Gasteiger partial charge on any atom is 0.230 e. The lowest BCUT2D eigenvalue weighted by molar-refractivity contribution is -0.119. The molecule has 25 heavy (non-hydrogen) atoms. The van der Waals surface area contributed by atoms with Crippen LogP contribution in [0, 0.1) is 13.8 Å². The average molecular weight is 390 g/mol. The van der Waals surface area contributed by atoms with Gasteiger partial charge in [0.1, 0.15) is 0 Å². The zero-order valence-electron chi connectivity index (χ0n) is 13.7. The largest absolute Gasteiger partial charge is 0.308 e. The first-order valence-electron chi connectivity index (χ1n) is 7.64. The second-order valence-corrected chi connectivity index (χ2v) is 7.63. The third kappa shape index (κ3) is 4.54. The number of fused-ring (bicyclic) bond motifs is 1. The predicted molar refractivity (Wildman–Crippen MR) is 109 cm³/mol. The highest BCUT2D eigenvalue weighted by atomic mass is 35.5. The number of nitrogens with one attached hydrogen (secondary N) is 2. The Morgan fingerprint density at radius 2 is 1.96 bits per heavy atom. The third-order valence-electron chi connectivity index (χ3n) is 3.58. The van der Waals surface area contributed by atoms with Gasteiger partial charge in [-0.3, -0.25) is 4.79 Å². The van der Waals surface area contributed by atoms with Crippen molar-refractivity contribution in [2.45, 2.75) is 20.3 Å². The molecule has 7 heteroatoms. The number of hydrogen-bond acceptors (Lipinski definition) is 4. The summed E-state index contributed by atoms with van der Waals surface area (Å²) >= 11 is 12.6. The maximum atomic E-state index is 12.1. The molecule has 0 saturated heterocycles. The van der Waals surface area contributed by atoms with Gasteiger partial charge in [-0.05, 0) is 61.0 Å². The fourth-order valence-electron chi connectivity index (χ4n) is 2.51. The molecule has 1 aromatic heterocycles. The standard InChI is InChI=1S/C18H16ClN3OS2/c1-10-7-11(2)16-14(8-10)25-18(21-16)22-17(24)20-15(23)9-12-3-5-13(19)6-4-12/h3-8H,9H2,1-2H3,(H2,20,21,22,23,24). The minimum absolute atomic E-state index is 0.187. The van der Waals surface area contributed by atoms with Crippen LogP contribution in [0.25, 0.3) is 10.2 Å². The number of halogens is 1. The topological polar surface area (TPSA) is 54.0 Å². The summed E-state index contributed by atoms with van der Waals surface area (Å²) in [6.07, 6.45) is 0.233. The molecule has 0 fully saturated rings. The van der Waals surface area contributed by atoms with E-state index in [1.165, 1.54) is 16.9 Å². The molecular weight excluding hydrogens is 374 g/mol. The van der Waals surface area contributed by atoms with E-state index in [4.69, 9.17) is 23.8 Å². The molecule has 0 aliphatic heterocycles. The van der Waals surface area contributed by atoms with Gasteiger partial charge in [0.15, 0.2) is 10.2 Å². The van der Waals surface area contributed by atoms with Crippen LogP contribution in [0.3, 0.4) is 0 Å². The Morgan fingerprint density at radius 3 is 2.68 bits per heavy atom. The van der Waals surface area contributed by atoms with E-state index in [1.54, 1.807) is 12.1 Å². The minimum atomic E-state index is -0.187. The summed E-state index contributed by atoms with van der Waals surface area (Å²) in [6.45, 7) is 4.09. The van der Waals surface area contributed by atoms with E-state index in [0.717, 1.165) is 21.3 Å². The van der Waals surface area contributed by atoms with E-state index in [-0.39, 0.29) is 17.4 Å². The zero-order valence-corrected chi connectivity index (χ0v) is 16.1. The van der Waals surface area contributed by atoms with E-state index >= 15 is 0 Å². The fourth-order valence-corrected chi connectivity index (χ4v) is 3.96. The first kappa shape index (κ1) is 17.8. The number of nitrogens with zero attached hydrogens (tertiary/aromatic N) is 1. The van der Waals surface area contributed by atoms with Gasteiger partial charge in [0, 0.05) is 5.02 Å². The van der Waals surface area contributed by atoms with Crippen molar-refractivity contribution < 1.29 is 4.79 Å². The molecule has 1 amide bonds. The highest BCUT2D eigenvalue weighted by molar-refractivity contribution is 7.80. The number of thiazole rings is 1. The van der Waals surface area contributed by atoms with Gasteiger partial charge < -0.3 is 10.6 Å². The second-order valence-electron chi connectivity index (χ2n) is 5.75. The Kier molecular flexibility index (Phi) is 5.32. The summed E-state index contributed by atoms with van der Waals surface area (Å²) in [5.41, 5.74) is 4.14. The number of anilines is 1. The maximum absolute atomic E-state index is 12.1. The van der Waals surface area contributed by atoms with E-state index < -0.39 is 0 Å². The minimum Gasteiger partial charge on any atom is -0.308 e. The summed E-state index contributed by atoms with van der Waals surface area (Å²) in [4.78, 5) is 16.6. The molecule has 0 aliphatic rings. The lowest BCUT2D eigenvalue weighted by Gasteiger charge is -2.07. The number of aryl methyl sites for hydroxylation is 2. The van der Waals surface area contributed by atoms with Crippen molar-refractivity contribution in [1.82, 2.24) is 10.3 Å². The van der Waals surface area contributed by atoms with Crippen LogP contribution in [0.5, 0.6) is 0 Å². The summed E-state index contributed by atoms with van der Waals surface area (Å²) < 4.78 is 1.09. The Balaban J connectivity index is 1.63. The molecule has 0 atom stereocenters. The number of aromatic nitrogens is 1. The highest BCUT2D eigenvalue weighted by Crippen LogP contribution is 2.29. The van der Waals surface area contributed by atoms with Crippen LogP contribution in [0.4, 0.5) is 5.13 Å². The lowest BCUT2D eigenvalue weighted by Crippen LogP contribution is -2.35. The molecule has 128 valence electrons. The number of carbonyl (C=O) groups excluding carboxylic acids is 1. The summed E-state index contributed by atoms with van der Waals surface area (Å²) in [5, 5.41) is 7.22. The van der Waals surface area contributed by atoms with E-state index in [1.807, 2.05) is 19.1 Å². The lowest BCUT2D eigenvalue weighted by atomic mass is 10.1. The van der Waals surface area contributed by atoms with E-state index in [0.29, 0.717) is 10.2 Å². The van der Waals surface area contributed by atoms with Gasteiger partial charge in [-0.1, -0.05) is 41.1 Å². The first-order chi connectivity index (χ1) is 11.9. The van der Waals surface area contributed by atoms with Crippen molar-refractivity contribution in [3.05, 3.63) is 58.1 Å². The molecule has 2 N–H and O–H groups in total. The van der Waals surface area contributed by atoms with Crippen molar-refractivity contribution in [1.29, 1.82) is 0 Å². The molecule has 0 unspecified atom stereocenters. The van der Waals surface area contributed by atoms with Crippen molar-refractivity contribution in [3.63, 3.8) is 0 Å². The SMILES string of the molecule is Cc1cc(C)c2nc(NC(=S)NC(=O)Cc3ccc(Cl)cc3)sc2c1. The quantitative estimate of drug-likeness (QED) is 0.641. The summed E-state index contributed by atoms with van der Waals surface area (Å²) in [5.74, 6) is -0.187. The molecule has 1 heterocycles. The Labute approximate surface area is 160 Å². The Bertz CT molecular complexity index is 951. The van der Waals surface area contributed by atoms with Crippen LogP contribution in [-0.4, -0.2) is 16.0 Å². The monoisotopic (exact) mass is 389 g/mol. The van der Waals surface area contributed by atoms with Gasteiger partial charge in [0.2, 0.25) is 5.91 Å². The van der Waals surface area contributed by atoms with Crippen LogP contribution in [0.1, 0.15) is 16.7 Å². The number of amides is 1. The highest BCUT2D eigenvalue weighted by Gasteiger charge is 2.10. The molecule has 0 radical (unpaired) electrons. The molecular formula is C18H16ClN3OS2. The van der Waals surface area contributed by atoms with Crippen molar-refractivity contribution in [2.75, 3.05) is 5.32 Å². The van der Waals surface area contributed by atoms with Crippen LogP contribution >= 0.6 is 35.2 Å².